The molecule has 2 N–H and O–H groups in total. The maximum absolute atomic E-state index is 12.1. The monoisotopic (exact) mass is 408 g/mol. The molecule has 6 heteroatoms. The van der Waals surface area contributed by atoms with Gasteiger partial charge in [-0.25, -0.2) is 4.79 Å². The van der Waals surface area contributed by atoms with E-state index >= 15 is 0 Å². The second-order valence-electron chi connectivity index (χ2n) is 7.22. The first kappa shape index (κ1) is 21.4. The molecule has 0 radical (unpaired) electrons. The lowest BCUT2D eigenvalue weighted by molar-refractivity contribution is -0.151. The zero-order valence-electron chi connectivity index (χ0n) is 17.7. The van der Waals surface area contributed by atoms with Gasteiger partial charge in [-0.15, -0.1) is 0 Å². The van der Waals surface area contributed by atoms with Gasteiger partial charge in [0.15, 0.2) is 6.10 Å². The van der Waals surface area contributed by atoms with Crippen molar-refractivity contribution in [2.24, 2.45) is 5.73 Å². The van der Waals surface area contributed by atoms with Crippen LogP contribution in [0.5, 0.6) is 5.75 Å². The summed E-state index contributed by atoms with van der Waals surface area (Å²) in [5.41, 5.74) is 9.48. The second kappa shape index (κ2) is 9.48. The van der Waals surface area contributed by atoms with Gasteiger partial charge in [-0.2, -0.15) is 0 Å². The fourth-order valence-corrected chi connectivity index (χ4v) is 3.67. The Hall–Kier alpha value is -3.28. The van der Waals surface area contributed by atoms with Crippen molar-refractivity contribution in [2.75, 3.05) is 6.61 Å². The lowest BCUT2D eigenvalue weighted by Crippen LogP contribution is -2.28. The van der Waals surface area contributed by atoms with Crippen LogP contribution in [0.4, 0.5) is 0 Å². The van der Waals surface area contributed by atoms with Crippen molar-refractivity contribution in [3.63, 3.8) is 0 Å². The SMILES string of the molecule is CCOC(=O)C(CC)Oc1ccc2c(CC(N)=O)c(C)n(Cc3ccccc3)c2c1. The molecule has 0 spiro atoms. The van der Waals surface area contributed by atoms with Crippen LogP contribution in [0.2, 0.25) is 0 Å². The maximum atomic E-state index is 12.1. The quantitative estimate of drug-likeness (QED) is 0.547. The molecule has 0 aliphatic carbocycles. The highest BCUT2D eigenvalue weighted by Gasteiger charge is 2.21. The summed E-state index contributed by atoms with van der Waals surface area (Å²) >= 11 is 0. The minimum atomic E-state index is -0.661. The van der Waals surface area contributed by atoms with Gasteiger partial charge >= 0.3 is 5.97 Å². The van der Waals surface area contributed by atoms with Gasteiger partial charge in [0.1, 0.15) is 5.75 Å². The Morgan fingerprint density at radius 2 is 1.83 bits per heavy atom. The maximum Gasteiger partial charge on any atom is 0.347 e. The minimum Gasteiger partial charge on any atom is -0.479 e. The molecule has 158 valence electrons. The van der Waals surface area contributed by atoms with E-state index in [1.807, 2.05) is 50.2 Å². The molecule has 0 bridgehead atoms. The lowest BCUT2D eigenvalue weighted by atomic mass is 10.1. The molecule has 0 aliphatic rings. The van der Waals surface area contributed by atoms with Crippen molar-refractivity contribution < 1.29 is 19.1 Å². The molecule has 3 aromatic rings. The van der Waals surface area contributed by atoms with E-state index in [0.29, 0.717) is 25.3 Å². The minimum absolute atomic E-state index is 0.171. The molecule has 0 aliphatic heterocycles. The fraction of sp³-hybridized carbons (Fsp3) is 0.333. The van der Waals surface area contributed by atoms with Gasteiger partial charge in [0.05, 0.1) is 18.5 Å². The van der Waals surface area contributed by atoms with E-state index in [2.05, 4.69) is 16.7 Å². The van der Waals surface area contributed by atoms with Crippen LogP contribution in [0.25, 0.3) is 10.9 Å². The number of nitrogens with zero attached hydrogens (tertiary/aromatic N) is 1. The number of rotatable bonds is 9. The summed E-state index contributed by atoms with van der Waals surface area (Å²) in [5, 5.41) is 0.957. The number of fused-ring (bicyclic) bond motifs is 1. The van der Waals surface area contributed by atoms with Gasteiger partial charge < -0.3 is 19.8 Å². The van der Waals surface area contributed by atoms with Gasteiger partial charge in [0.25, 0.3) is 0 Å². The van der Waals surface area contributed by atoms with E-state index in [4.69, 9.17) is 15.2 Å². The Morgan fingerprint density at radius 3 is 2.47 bits per heavy atom. The van der Waals surface area contributed by atoms with Crippen molar-refractivity contribution >= 4 is 22.8 Å². The Balaban J connectivity index is 2.04. The summed E-state index contributed by atoms with van der Waals surface area (Å²) in [6.07, 6.45) is 0.0182. The summed E-state index contributed by atoms with van der Waals surface area (Å²) in [7, 11) is 0. The van der Waals surface area contributed by atoms with E-state index in [9.17, 15) is 9.59 Å². The lowest BCUT2D eigenvalue weighted by Gasteiger charge is -2.16. The Kier molecular flexibility index (Phi) is 6.77. The third-order valence-corrected chi connectivity index (χ3v) is 5.16. The largest absolute Gasteiger partial charge is 0.479 e. The van der Waals surface area contributed by atoms with E-state index in [-0.39, 0.29) is 18.3 Å². The normalized spacial score (nSPS) is 12.0. The van der Waals surface area contributed by atoms with E-state index in [1.165, 1.54) is 0 Å². The van der Waals surface area contributed by atoms with Gasteiger partial charge in [0, 0.05) is 23.7 Å². The average Bonchev–Trinajstić information content (AvgIpc) is 2.98. The summed E-state index contributed by atoms with van der Waals surface area (Å²) in [5.74, 6) is -0.157. The van der Waals surface area contributed by atoms with Crippen molar-refractivity contribution in [3.05, 3.63) is 65.4 Å². The zero-order valence-corrected chi connectivity index (χ0v) is 17.7. The zero-order chi connectivity index (χ0) is 21.7. The van der Waals surface area contributed by atoms with E-state index in [1.54, 1.807) is 6.92 Å². The first-order valence-electron chi connectivity index (χ1n) is 10.2. The van der Waals surface area contributed by atoms with Crippen molar-refractivity contribution in [1.29, 1.82) is 0 Å². The molecule has 6 nitrogen and oxygen atoms in total. The highest BCUT2D eigenvalue weighted by atomic mass is 16.6. The molecule has 1 aromatic heterocycles. The number of benzene rings is 2. The molecule has 3 rings (SSSR count). The first-order chi connectivity index (χ1) is 14.4. The number of nitrogens with two attached hydrogens (primary N) is 1. The summed E-state index contributed by atoms with van der Waals surface area (Å²) in [6, 6.07) is 15.8. The molecular formula is C24H28N2O4. The van der Waals surface area contributed by atoms with Crippen LogP contribution in [0.1, 0.15) is 37.1 Å². The predicted octanol–water partition coefficient (Wildman–Crippen LogP) is 3.75. The number of carbonyl (C=O) groups is 2. The van der Waals surface area contributed by atoms with Gasteiger partial charge in [-0.3, -0.25) is 4.79 Å². The molecule has 30 heavy (non-hydrogen) atoms. The van der Waals surface area contributed by atoms with Crippen LogP contribution < -0.4 is 10.5 Å². The van der Waals surface area contributed by atoms with Crippen LogP contribution >= 0.6 is 0 Å². The van der Waals surface area contributed by atoms with Gasteiger partial charge in [0.2, 0.25) is 5.91 Å². The predicted molar refractivity (Wildman–Crippen MR) is 116 cm³/mol. The molecule has 0 fully saturated rings. The molecular weight excluding hydrogens is 380 g/mol. The number of carbonyl (C=O) groups excluding carboxylic acids is 2. The van der Waals surface area contributed by atoms with Crippen LogP contribution in [0.3, 0.4) is 0 Å². The number of esters is 1. The third-order valence-electron chi connectivity index (χ3n) is 5.16. The Labute approximate surface area is 176 Å². The van der Waals surface area contributed by atoms with Crippen LogP contribution in [-0.4, -0.2) is 29.2 Å². The number of primary amides is 1. The number of aromatic nitrogens is 1. The third kappa shape index (κ3) is 4.64. The standard InChI is InChI=1S/C24H28N2O4/c1-4-22(24(28)29-5-2)30-18-11-12-19-20(14-23(25)27)16(3)26(21(19)13-18)15-17-9-7-6-8-10-17/h6-13,22H,4-5,14-15H2,1-3H3,(H2,25,27). The van der Waals surface area contributed by atoms with Gasteiger partial charge in [-0.05, 0) is 43.5 Å². The second-order valence-corrected chi connectivity index (χ2v) is 7.22. The Bertz CT molecular complexity index is 1040. The van der Waals surface area contributed by atoms with Gasteiger partial charge in [-0.1, -0.05) is 37.3 Å². The molecule has 2 aromatic carbocycles. The Morgan fingerprint density at radius 1 is 1.10 bits per heavy atom. The molecule has 1 heterocycles. The van der Waals surface area contributed by atoms with Crippen LogP contribution in [0, 0.1) is 6.92 Å². The number of hydrogen-bond acceptors (Lipinski definition) is 4. The van der Waals surface area contributed by atoms with Crippen molar-refractivity contribution in [1.82, 2.24) is 4.57 Å². The average molecular weight is 408 g/mol. The van der Waals surface area contributed by atoms with E-state index < -0.39 is 6.10 Å². The topological polar surface area (TPSA) is 83.6 Å². The molecule has 0 saturated carbocycles. The highest BCUT2D eigenvalue weighted by Crippen LogP contribution is 2.31. The summed E-state index contributed by atoms with van der Waals surface area (Å²) in [6.45, 7) is 6.62. The fourth-order valence-electron chi connectivity index (χ4n) is 3.67. The van der Waals surface area contributed by atoms with Crippen molar-refractivity contribution in [2.45, 2.75) is 46.3 Å². The molecule has 1 amide bonds. The number of hydrogen-bond donors (Lipinski definition) is 1. The highest BCUT2D eigenvalue weighted by molar-refractivity contribution is 5.91. The summed E-state index contributed by atoms with van der Waals surface area (Å²) in [4.78, 5) is 23.8. The molecule has 1 atom stereocenters. The van der Waals surface area contributed by atoms with Crippen LogP contribution in [-0.2, 0) is 27.3 Å². The molecule has 0 saturated heterocycles. The number of ether oxygens (including phenoxy) is 2. The van der Waals surface area contributed by atoms with Crippen LogP contribution in [0.15, 0.2) is 48.5 Å². The first-order valence-corrected chi connectivity index (χ1v) is 10.2. The van der Waals surface area contributed by atoms with Crippen molar-refractivity contribution in [3.8, 4) is 5.75 Å². The molecule has 1 unspecified atom stereocenters. The summed E-state index contributed by atoms with van der Waals surface area (Å²) < 4.78 is 13.2. The number of amides is 1. The van der Waals surface area contributed by atoms with E-state index in [0.717, 1.165) is 27.7 Å². The smallest absolute Gasteiger partial charge is 0.347 e.